The van der Waals surface area contributed by atoms with E-state index in [0.29, 0.717) is 39.3 Å². The molecule has 1 fully saturated rings. The smallest absolute Gasteiger partial charge is 0.410 e. The zero-order chi connectivity index (χ0) is 32.7. The summed E-state index contributed by atoms with van der Waals surface area (Å²) in [6.07, 6.45) is 0.560. The van der Waals surface area contributed by atoms with Crippen LogP contribution in [0.4, 0.5) is 4.79 Å². The zero-order valence-electron chi connectivity index (χ0n) is 27.9. The first-order chi connectivity index (χ1) is 21.4. The summed E-state index contributed by atoms with van der Waals surface area (Å²) < 4.78 is 37.6. The molecule has 0 bridgehead atoms. The van der Waals surface area contributed by atoms with Gasteiger partial charge in [0.2, 0.25) is 0 Å². The van der Waals surface area contributed by atoms with Gasteiger partial charge in [0.25, 0.3) is 8.53 Å². The molecule has 0 saturated carbocycles. The molecule has 1 heterocycles. The van der Waals surface area contributed by atoms with E-state index in [2.05, 4.69) is 38.7 Å². The second-order valence-electron chi connectivity index (χ2n) is 13.2. The van der Waals surface area contributed by atoms with Gasteiger partial charge >= 0.3 is 14.8 Å². The van der Waals surface area contributed by atoms with Gasteiger partial charge in [-0.25, -0.2) is 14.0 Å². The Balaban J connectivity index is 1.84. The minimum absolute atomic E-state index is 0.200. The standard InChI is InChI=1S/C33H52N4O6P2/c1-32(2,3)42-45(43-33(4,5)6)37-25-22-34(18-17-29-13-9-7-10-14-29)19-20-35(28-41-44-39)21-23-36(24-26-37)31(38)40-27-30-15-11-8-12-16-30/h7-16H,17-28H2,1-6H3. The highest BCUT2D eigenvalue weighted by Crippen LogP contribution is 2.49. The van der Waals surface area contributed by atoms with E-state index >= 15 is 0 Å². The summed E-state index contributed by atoms with van der Waals surface area (Å²) in [7, 11) is -1.79. The van der Waals surface area contributed by atoms with Crippen molar-refractivity contribution in [3.63, 3.8) is 0 Å². The molecule has 10 nitrogen and oxygen atoms in total. The monoisotopic (exact) mass is 662 g/mol. The van der Waals surface area contributed by atoms with E-state index in [4.69, 9.17) is 18.3 Å². The number of nitrogens with zero attached hydrogens (tertiary/aromatic N) is 4. The van der Waals surface area contributed by atoms with Crippen LogP contribution in [0.3, 0.4) is 0 Å². The number of carbonyl (C=O) groups excluding carboxylic acids is 1. The summed E-state index contributed by atoms with van der Waals surface area (Å²) >= 11 is 0. The fourth-order valence-electron chi connectivity index (χ4n) is 4.63. The minimum Gasteiger partial charge on any atom is -0.445 e. The highest BCUT2D eigenvalue weighted by atomic mass is 31.2. The Morgan fingerprint density at radius 2 is 1.24 bits per heavy atom. The molecule has 0 spiro atoms. The highest BCUT2D eigenvalue weighted by molar-refractivity contribution is 7.44. The van der Waals surface area contributed by atoms with Crippen molar-refractivity contribution in [2.24, 2.45) is 0 Å². The Hall–Kier alpha value is -2.00. The average Bonchev–Trinajstić information content (AvgIpc) is 2.98. The Kier molecular flexibility index (Phi) is 15.8. The van der Waals surface area contributed by atoms with Gasteiger partial charge < -0.3 is 23.6 Å². The topological polar surface area (TPSA) is 84.0 Å². The van der Waals surface area contributed by atoms with Crippen molar-refractivity contribution < 1.29 is 27.7 Å². The van der Waals surface area contributed by atoms with Crippen molar-refractivity contribution in [2.45, 2.75) is 65.8 Å². The van der Waals surface area contributed by atoms with Gasteiger partial charge in [0.15, 0.2) is 0 Å². The highest BCUT2D eigenvalue weighted by Gasteiger charge is 2.32. The normalized spacial score (nSPS) is 17.3. The lowest BCUT2D eigenvalue weighted by Crippen LogP contribution is -2.47. The summed E-state index contributed by atoms with van der Waals surface area (Å²) in [6.45, 7) is 18.5. The molecule has 0 aliphatic carbocycles. The van der Waals surface area contributed by atoms with Crippen molar-refractivity contribution in [3.05, 3.63) is 71.8 Å². The molecule has 0 radical (unpaired) electrons. The molecular weight excluding hydrogens is 610 g/mol. The Morgan fingerprint density at radius 1 is 0.733 bits per heavy atom. The van der Waals surface area contributed by atoms with Gasteiger partial charge in [-0.3, -0.25) is 9.42 Å². The van der Waals surface area contributed by atoms with Gasteiger partial charge in [0.1, 0.15) is 13.3 Å². The van der Waals surface area contributed by atoms with Gasteiger partial charge in [-0.05, 0) is 59.1 Å². The Morgan fingerprint density at radius 3 is 1.84 bits per heavy atom. The maximum Gasteiger partial charge on any atom is 0.410 e. The first-order valence-corrected chi connectivity index (χ1v) is 17.6. The van der Waals surface area contributed by atoms with Gasteiger partial charge in [-0.1, -0.05) is 60.7 Å². The quantitative estimate of drug-likeness (QED) is 0.241. The van der Waals surface area contributed by atoms with Crippen LogP contribution in [0.15, 0.2) is 60.7 Å². The van der Waals surface area contributed by atoms with Gasteiger partial charge in [-0.2, -0.15) is 0 Å². The van der Waals surface area contributed by atoms with E-state index in [-0.39, 0.29) is 28.1 Å². The van der Waals surface area contributed by atoms with E-state index in [0.717, 1.165) is 31.6 Å². The number of carbonyl (C=O) groups is 1. The molecule has 12 heteroatoms. The molecule has 3 rings (SSSR count). The van der Waals surface area contributed by atoms with E-state index < -0.39 is 19.7 Å². The maximum atomic E-state index is 13.4. The van der Waals surface area contributed by atoms with Crippen LogP contribution in [-0.4, -0.2) is 102 Å². The second-order valence-corrected chi connectivity index (χ2v) is 15.0. The molecular formula is C33H52N4O6P2. The van der Waals surface area contributed by atoms with E-state index in [1.807, 2.05) is 77.9 Å². The molecule has 250 valence electrons. The molecule has 0 atom stereocenters. The van der Waals surface area contributed by atoms with Crippen LogP contribution >= 0.6 is 17.2 Å². The lowest BCUT2D eigenvalue weighted by Gasteiger charge is -2.39. The average molecular weight is 663 g/mol. The number of hydrogen-bond donors (Lipinski definition) is 0. The summed E-state index contributed by atoms with van der Waals surface area (Å²) in [5.41, 5.74) is 1.40. The lowest BCUT2D eigenvalue weighted by molar-refractivity contribution is 0.0447. The SMILES string of the molecule is CC(C)(C)OP(OC(C)(C)C)N1CCN(CCc2ccccc2)CCN(COP=O)CCN(C(=O)OCc2ccccc2)CC1. The summed E-state index contributed by atoms with van der Waals surface area (Å²) in [5, 5.41) is 0. The largest absolute Gasteiger partial charge is 0.445 e. The van der Waals surface area contributed by atoms with Gasteiger partial charge in [0, 0.05) is 58.9 Å². The molecule has 0 N–H and O–H groups in total. The maximum absolute atomic E-state index is 13.4. The first kappa shape index (κ1) is 37.5. The molecule has 1 aliphatic heterocycles. The van der Waals surface area contributed by atoms with Crippen LogP contribution in [0.1, 0.15) is 52.7 Å². The van der Waals surface area contributed by atoms with Crippen LogP contribution in [0, 0.1) is 0 Å². The number of benzene rings is 2. The lowest BCUT2D eigenvalue weighted by atomic mass is 10.1. The fourth-order valence-corrected chi connectivity index (χ4v) is 6.56. The Bertz CT molecular complexity index is 1120. The van der Waals surface area contributed by atoms with E-state index in [1.54, 1.807) is 4.90 Å². The van der Waals surface area contributed by atoms with Gasteiger partial charge in [0.05, 0.1) is 11.2 Å². The van der Waals surface area contributed by atoms with Crippen molar-refractivity contribution in [3.8, 4) is 0 Å². The molecule has 2 aromatic carbocycles. The summed E-state index contributed by atoms with van der Waals surface area (Å²) in [5.74, 6) is 0. The van der Waals surface area contributed by atoms with Gasteiger partial charge in [-0.15, -0.1) is 0 Å². The second kappa shape index (κ2) is 19.0. The molecule has 2 aromatic rings. The van der Waals surface area contributed by atoms with E-state index in [1.165, 1.54) is 5.56 Å². The zero-order valence-corrected chi connectivity index (χ0v) is 29.7. The van der Waals surface area contributed by atoms with Crippen LogP contribution in [0.5, 0.6) is 0 Å². The van der Waals surface area contributed by atoms with Crippen LogP contribution in [0.2, 0.25) is 0 Å². The fraction of sp³-hybridized carbons (Fsp3) is 0.606. The van der Waals surface area contributed by atoms with Crippen molar-refractivity contribution in [1.29, 1.82) is 0 Å². The van der Waals surface area contributed by atoms with Crippen LogP contribution in [-0.2, 0) is 35.9 Å². The number of rotatable bonds is 11. The molecule has 0 aromatic heterocycles. The number of hydrogen-bond acceptors (Lipinski definition) is 9. The molecule has 1 aliphatic rings. The number of amides is 1. The molecule has 45 heavy (non-hydrogen) atoms. The van der Waals surface area contributed by atoms with Crippen molar-refractivity contribution in [1.82, 2.24) is 19.4 Å². The van der Waals surface area contributed by atoms with Crippen LogP contribution < -0.4 is 0 Å². The summed E-state index contributed by atoms with van der Waals surface area (Å²) in [4.78, 5) is 19.7. The predicted octanol–water partition coefficient (Wildman–Crippen LogP) is 6.83. The molecule has 0 unspecified atom stereocenters. The van der Waals surface area contributed by atoms with Crippen molar-refractivity contribution in [2.75, 3.05) is 65.6 Å². The molecule has 1 amide bonds. The van der Waals surface area contributed by atoms with E-state index in [9.17, 15) is 9.36 Å². The third-order valence-electron chi connectivity index (χ3n) is 6.97. The van der Waals surface area contributed by atoms with Crippen molar-refractivity contribution >= 4 is 23.3 Å². The minimum atomic E-state index is -1.43. The number of ether oxygens (including phenoxy) is 1. The Labute approximate surface area is 273 Å². The third kappa shape index (κ3) is 15.4. The van der Waals surface area contributed by atoms with Crippen LogP contribution in [0.25, 0.3) is 0 Å². The predicted molar refractivity (Wildman–Crippen MR) is 180 cm³/mol. The molecule has 1 saturated heterocycles. The third-order valence-corrected chi connectivity index (χ3v) is 9.46. The summed E-state index contributed by atoms with van der Waals surface area (Å²) in [6, 6.07) is 20.2. The first-order valence-electron chi connectivity index (χ1n) is 15.7.